The quantitative estimate of drug-likeness (QED) is 0.736. The lowest BCUT2D eigenvalue weighted by Gasteiger charge is -2.12. The molecule has 0 aromatic heterocycles. The van der Waals surface area contributed by atoms with E-state index in [9.17, 15) is 14.3 Å². The summed E-state index contributed by atoms with van der Waals surface area (Å²) in [5, 5.41) is 18.3. The van der Waals surface area contributed by atoms with E-state index in [1.807, 2.05) is 0 Å². The fourth-order valence-corrected chi connectivity index (χ4v) is 1.67. The predicted molar refractivity (Wildman–Crippen MR) is 64.0 cm³/mol. The number of methoxy groups -OCH3 is 1. The molecule has 4 nitrogen and oxygen atoms in total. The molecule has 0 heterocycles. The lowest BCUT2D eigenvalue weighted by atomic mass is 10.0. The van der Waals surface area contributed by atoms with Gasteiger partial charge in [-0.15, -0.1) is 0 Å². The van der Waals surface area contributed by atoms with Gasteiger partial charge in [-0.1, -0.05) is 0 Å². The maximum atomic E-state index is 13.6. The number of carboxylic acid groups (broad SMARTS) is 1. The molecule has 0 bridgehead atoms. The van der Waals surface area contributed by atoms with Crippen LogP contribution in [0, 0.1) is 5.82 Å². The average Bonchev–Trinajstić information content (AvgIpc) is 2.33. The van der Waals surface area contributed by atoms with Crippen LogP contribution in [0.4, 0.5) is 4.39 Å². The molecular weight excluding hydrogens is 239 g/mol. The number of aliphatic hydroxyl groups excluding tert-OH is 1. The molecule has 18 heavy (non-hydrogen) atoms. The summed E-state index contributed by atoms with van der Waals surface area (Å²) in [4.78, 5) is 10.3. The molecule has 1 rings (SSSR count). The van der Waals surface area contributed by atoms with Gasteiger partial charge in [0, 0.05) is 18.1 Å². The molecule has 0 aliphatic heterocycles. The number of hydrogen-bond donors (Lipinski definition) is 2. The van der Waals surface area contributed by atoms with Gasteiger partial charge in [-0.3, -0.25) is 4.79 Å². The summed E-state index contributed by atoms with van der Waals surface area (Å²) in [6.45, 7) is 0. The van der Waals surface area contributed by atoms with Gasteiger partial charge in [0.05, 0.1) is 13.2 Å². The second kappa shape index (κ2) is 6.96. The number of aliphatic carboxylic acids is 1. The summed E-state index contributed by atoms with van der Waals surface area (Å²) in [7, 11) is 1.44. The maximum Gasteiger partial charge on any atom is 0.303 e. The van der Waals surface area contributed by atoms with Gasteiger partial charge in [0.1, 0.15) is 11.6 Å². The van der Waals surface area contributed by atoms with Crippen molar-refractivity contribution >= 4 is 5.97 Å². The zero-order valence-corrected chi connectivity index (χ0v) is 10.2. The van der Waals surface area contributed by atoms with E-state index in [1.54, 1.807) is 6.07 Å². The van der Waals surface area contributed by atoms with Crippen LogP contribution in [0.15, 0.2) is 18.2 Å². The highest BCUT2D eigenvalue weighted by Gasteiger charge is 2.13. The Labute approximate surface area is 105 Å². The third kappa shape index (κ3) is 4.33. The van der Waals surface area contributed by atoms with Gasteiger partial charge in [0.15, 0.2) is 0 Å². The van der Waals surface area contributed by atoms with E-state index in [1.165, 1.54) is 19.2 Å². The molecule has 5 heteroatoms. The van der Waals surface area contributed by atoms with Crippen molar-refractivity contribution in [1.29, 1.82) is 0 Å². The van der Waals surface area contributed by atoms with E-state index in [-0.39, 0.29) is 12.0 Å². The fourth-order valence-electron chi connectivity index (χ4n) is 1.67. The van der Waals surface area contributed by atoms with Crippen LogP contribution in [-0.2, 0) is 4.79 Å². The first kappa shape index (κ1) is 14.4. The summed E-state index contributed by atoms with van der Waals surface area (Å²) in [6, 6.07) is 4.28. The van der Waals surface area contributed by atoms with Crippen LogP contribution in [0.2, 0.25) is 0 Å². The van der Waals surface area contributed by atoms with Gasteiger partial charge >= 0.3 is 5.97 Å². The molecule has 1 aromatic rings. The summed E-state index contributed by atoms with van der Waals surface area (Å²) >= 11 is 0. The molecule has 1 atom stereocenters. The molecule has 0 aliphatic carbocycles. The Morgan fingerprint density at radius 3 is 2.72 bits per heavy atom. The molecule has 0 radical (unpaired) electrons. The number of hydrogen-bond acceptors (Lipinski definition) is 3. The van der Waals surface area contributed by atoms with Crippen molar-refractivity contribution < 1.29 is 24.1 Å². The van der Waals surface area contributed by atoms with Crippen LogP contribution in [0.25, 0.3) is 0 Å². The summed E-state index contributed by atoms with van der Waals surface area (Å²) in [6.07, 6.45) is 0.516. The molecule has 0 amide bonds. The van der Waals surface area contributed by atoms with Crippen LogP contribution in [0.1, 0.15) is 37.4 Å². The lowest BCUT2D eigenvalue weighted by Crippen LogP contribution is -2.02. The Kier molecular flexibility index (Phi) is 5.58. The second-order valence-corrected chi connectivity index (χ2v) is 4.04. The van der Waals surface area contributed by atoms with Crippen LogP contribution >= 0.6 is 0 Å². The van der Waals surface area contributed by atoms with Crippen molar-refractivity contribution in [3.8, 4) is 5.75 Å². The van der Waals surface area contributed by atoms with E-state index in [4.69, 9.17) is 9.84 Å². The molecule has 0 saturated heterocycles. The van der Waals surface area contributed by atoms with Gasteiger partial charge < -0.3 is 14.9 Å². The highest BCUT2D eigenvalue weighted by molar-refractivity contribution is 5.66. The maximum absolute atomic E-state index is 13.6. The standard InChI is InChI=1S/C13H17FO4/c1-18-9-6-7-10(11(14)8-9)12(15)4-2-3-5-13(16)17/h6-8,12,15H,2-5H2,1H3,(H,16,17). The second-order valence-electron chi connectivity index (χ2n) is 4.04. The third-order valence-corrected chi connectivity index (χ3v) is 2.68. The molecule has 100 valence electrons. The van der Waals surface area contributed by atoms with E-state index in [0.717, 1.165) is 0 Å². The summed E-state index contributed by atoms with van der Waals surface area (Å²) in [5.41, 5.74) is 0.214. The number of carbonyl (C=O) groups is 1. The normalized spacial score (nSPS) is 12.2. The first-order valence-corrected chi connectivity index (χ1v) is 5.78. The highest BCUT2D eigenvalue weighted by Crippen LogP contribution is 2.25. The average molecular weight is 256 g/mol. The smallest absolute Gasteiger partial charge is 0.303 e. The minimum absolute atomic E-state index is 0.0673. The monoisotopic (exact) mass is 256 g/mol. The first-order valence-electron chi connectivity index (χ1n) is 5.78. The molecular formula is C13H17FO4. The Balaban J connectivity index is 2.50. The zero-order chi connectivity index (χ0) is 13.5. The number of benzene rings is 1. The fraction of sp³-hybridized carbons (Fsp3) is 0.462. The lowest BCUT2D eigenvalue weighted by molar-refractivity contribution is -0.137. The van der Waals surface area contributed by atoms with Crippen LogP contribution in [-0.4, -0.2) is 23.3 Å². The van der Waals surface area contributed by atoms with Gasteiger partial charge in [-0.25, -0.2) is 4.39 Å². The minimum atomic E-state index is -0.912. The van der Waals surface area contributed by atoms with Crippen LogP contribution in [0.3, 0.4) is 0 Å². The van der Waals surface area contributed by atoms with Crippen LogP contribution < -0.4 is 4.74 Å². The summed E-state index contributed by atoms with van der Waals surface area (Å²) in [5.74, 6) is -0.977. The van der Waals surface area contributed by atoms with Crippen LogP contribution in [0.5, 0.6) is 5.75 Å². The van der Waals surface area contributed by atoms with E-state index < -0.39 is 17.9 Å². The number of unbranched alkanes of at least 4 members (excludes halogenated alkanes) is 1. The van der Waals surface area contributed by atoms with E-state index in [0.29, 0.717) is 25.0 Å². The highest BCUT2D eigenvalue weighted by atomic mass is 19.1. The van der Waals surface area contributed by atoms with Gasteiger partial charge in [0.25, 0.3) is 0 Å². The number of halogens is 1. The molecule has 1 aromatic carbocycles. The Hall–Kier alpha value is -1.62. The minimum Gasteiger partial charge on any atom is -0.497 e. The van der Waals surface area contributed by atoms with Crippen molar-refractivity contribution in [1.82, 2.24) is 0 Å². The molecule has 1 unspecified atom stereocenters. The SMILES string of the molecule is COc1ccc(C(O)CCCCC(=O)O)c(F)c1. The molecule has 0 fully saturated rings. The van der Waals surface area contributed by atoms with Crippen molar-refractivity contribution in [2.75, 3.05) is 7.11 Å². The van der Waals surface area contributed by atoms with Crippen molar-refractivity contribution in [3.05, 3.63) is 29.6 Å². The topological polar surface area (TPSA) is 66.8 Å². The van der Waals surface area contributed by atoms with E-state index >= 15 is 0 Å². The molecule has 2 N–H and O–H groups in total. The van der Waals surface area contributed by atoms with Crippen molar-refractivity contribution in [2.24, 2.45) is 0 Å². The molecule has 0 spiro atoms. The van der Waals surface area contributed by atoms with E-state index in [2.05, 4.69) is 0 Å². The Morgan fingerprint density at radius 1 is 1.44 bits per heavy atom. The van der Waals surface area contributed by atoms with Gasteiger partial charge in [-0.2, -0.15) is 0 Å². The van der Waals surface area contributed by atoms with Gasteiger partial charge in [-0.05, 0) is 31.4 Å². The number of carboxylic acids is 1. The zero-order valence-electron chi connectivity index (χ0n) is 10.2. The number of rotatable bonds is 7. The largest absolute Gasteiger partial charge is 0.497 e. The summed E-state index contributed by atoms with van der Waals surface area (Å²) < 4.78 is 18.5. The molecule has 0 aliphatic rings. The Morgan fingerprint density at radius 2 is 2.17 bits per heavy atom. The first-order chi connectivity index (χ1) is 8.54. The predicted octanol–water partition coefficient (Wildman–Crippen LogP) is 2.51. The van der Waals surface area contributed by atoms with Crippen molar-refractivity contribution in [2.45, 2.75) is 31.8 Å². The third-order valence-electron chi connectivity index (χ3n) is 2.68. The molecule has 0 saturated carbocycles. The van der Waals surface area contributed by atoms with Crippen molar-refractivity contribution in [3.63, 3.8) is 0 Å². The van der Waals surface area contributed by atoms with Gasteiger partial charge in [0.2, 0.25) is 0 Å². The Bertz CT molecular complexity index is 406. The number of ether oxygens (including phenoxy) is 1. The number of aliphatic hydroxyl groups is 1.